The number of rotatable bonds is 8. The maximum atomic E-state index is 6.57. The molecule has 0 saturated carbocycles. The second-order valence-corrected chi connectivity index (χ2v) is 17.6. The van der Waals surface area contributed by atoms with Gasteiger partial charge in [-0.3, -0.25) is 0 Å². The molecule has 0 atom stereocenters. The van der Waals surface area contributed by atoms with Crippen LogP contribution >= 0.6 is 0 Å². The third-order valence-corrected chi connectivity index (χ3v) is 13.7. The number of hydrogen-bond acceptors (Lipinski definition) is 2. The summed E-state index contributed by atoms with van der Waals surface area (Å²) in [5.74, 6) is 0.886. The predicted octanol–water partition coefficient (Wildman–Crippen LogP) is 18.9. The molecule has 68 heavy (non-hydrogen) atoms. The second-order valence-electron chi connectivity index (χ2n) is 17.6. The standard InChI is InChI=1S/C66H43NO/c1-2-14-49(15-3-1)65-62-23-10-11-24-64(62)68-66(65)54-18-12-17-50(42-54)46-27-25-44(26-28-46)45-31-36-55(37-32-45)67(63-43-52-16-5-7-20-58(52)60-21-8-9-22-61(60)63)56-38-33-47(34-39-56)51-35-40-59-53(41-51)30-29-48-13-4-6-19-57(48)59/h1-43H. The highest BCUT2D eigenvalue weighted by molar-refractivity contribution is 6.15. The Morgan fingerprint density at radius 2 is 0.706 bits per heavy atom. The van der Waals surface area contributed by atoms with Crippen molar-refractivity contribution in [1.82, 2.24) is 0 Å². The van der Waals surface area contributed by atoms with E-state index in [1.165, 1.54) is 54.2 Å². The van der Waals surface area contributed by atoms with Crippen molar-refractivity contribution in [3.8, 4) is 55.8 Å². The molecule has 0 fully saturated rings. The Labute approximate surface area is 395 Å². The maximum Gasteiger partial charge on any atom is 0.143 e. The van der Waals surface area contributed by atoms with E-state index in [1.807, 2.05) is 6.07 Å². The summed E-state index contributed by atoms with van der Waals surface area (Å²) in [4.78, 5) is 2.41. The number of nitrogens with zero attached hydrogens (tertiary/aromatic N) is 1. The van der Waals surface area contributed by atoms with Gasteiger partial charge in [0.2, 0.25) is 0 Å². The summed E-state index contributed by atoms with van der Waals surface area (Å²) in [5, 5.41) is 11.1. The van der Waals surface area contributed by atoms with Gasteiger partial charge < -0.3 is 9.32 Å². The molecule has 1 heterocycles. The van der Waals surface area contributed by atoms with E-state index >= 15 is 0 Å². The van der Waals surface area contributed by atoms with Crippen LogP contribution in [0, 0.1) is 0 Å². The summed E-state index contributed by atoms with van der Waals surface area (Å²) in [7, 11) is 0. The summed E-state index contributed by atoms with van der Waals surface area (Å²) in [6.07, 6.45) is 0. The van der Waals surface area contributed by atoms with Gasteiger partial charge in [-0.2, -0.15) is 0 Å². The molecule has 318 valence electrons. The lowest BCUT2D eigenvalue weighted by Gasteiger charge is -2.28. The van der Waals surface area contributed by atoms with Crippen LogP contribution in [0.4, 0.5) is 17.1 Å². The molecule has 12 aromatic carbocycles. The highest BCUT2D eigenvalue weighted by Crippen LogP contribution is 2.44. The first-order valence-corrected chi connectivity index (χ1v) is 23.3. The normalized spacial score (nSPS) is 11.5. The highest BCUT2D eigenvalue weighted by Gasteiger charge is 2.20. The Kier molecular flexibility index (Phi) is 9.54. The van der Waals surface area contributed by atoms with Crippen LogP contribution in [0.3, 0.4) is 0 Å². The van der Waals surface area contributed by atoms with E-state index in [9.17, 15) is 0 Å². The van der Waals surface area contributed by atoms with Crippen molar-refractivity contribution < 1.29 is 4.42 Å². The van der Waals surface area contributed by atoms with Crippen molar-refractivity contribution in [2.75, 3.05) is 4.90 Å². The fraction of sp³-hybridized carbons (Fsp3) is 0. The average Bonchev–Trinajstić information content (AvgIpc) is 3.81. The molecule has 2 nitrogen and oxygen atoms in total. The second kappa shape index (κ2) is 16.5. The molecule has 0 unspecified atom stereocenters. The molecule has 2 heteroatoms. The van der Waals surface area contributed by atoms with E-state index < -0.39 is 0 Å². The molecule has 1 aromatic heterocycles. The molecular weight excluding hydrogens is 823 g/mol. The molecule has 0 N–H and O–H groups in total. The van der Waals surface area contributed by atoms with E-state index in [2.05, 4.69) is 260 Å². The van der Waals surface area contributed by atoms with E-state index in [1.54, 1.807) is 0 Å². The summed E-state index contributed by atoms with van der Waals surface area (Å²) < 4.78 is 6.57. The molecule has 0 radical (unpaired) electrons. The summed E-state index contributed by atoms with van der Waals surface area (Å²) in [6.45, 7) is 0. The number of para-hydroxylation sites is 1. The quantitative estimate of drug-likeness (QED) is 0.142. The Hall–Kier alpha value is -8.98. The predicted molar refractivity (Wildman–Crippen MR) is 288 cm³/mol. The van der Waals surface area contributed by atoms with Gasteiger partial charge in [0.25, 0.3) is 0 Å². The van der Waals surface area contributed by atoms with Crippen LogP contribution in [0.1, 0.15) is 0 Å². The first-order valence-electron chi connectivity index (χ1n) is 23.3. The van der Waals surface area contributed by atoms with Crippen molar-refractivity contribution in [1.29, 1.82) is 0 Å². The molecule has 13 aromatic rings. The Balaban J connectivity index is 0.846. The van der Waals surface area contributed by atoms with Crippen LogP contribution in [0.15, 0.2) is 265 Å². The number of furan rings is 1. The highest BCUT2D eigenvalue weighted by atomic mass is 16.3. The maximum absolute atomic E-state index is 6.57. The van der Waals surface area contributed by atoms with Gasteiger partial charge >= 0.3 is 0 Å². The van der Waals surface area contributed by atoms with Crippen molar-refractivity contribution in [2.24, 2.45) is 0 Å². The Morgan fingerprint density at radius 1 is 0.250 bits per heavy atom. The van der Waals surface area contributed by atoms with E-state index in [0.29, 0.717) is 0 Å². The lowest BCUT2D eigenvalue weighted by molar-refractivity contribution is 0.632. The smallest absolute Gasteiger partial charge is 0.143 e. The zero-order valence-corrected chi connectivity index (χ0v) is 37.2. The van der Waals surface area contributed by atoms with Gasteiger partial charge in [-0.1, -0.05) is 212 Å². The number of fused-ring (bicyclic) bond motifs is 7. The number of hydrogen-bond donors (Lipinski definition) is 0. The zero-order chi connectivity index (χ0) is 45.0. The molecule has 0 saturated heterocycles. The van der Waals surface area contributed by atoms with Crippen molar-refractivity contribution in [2.45, 2.75) is 0 Å². The molecule has 0 spiro atoms. The molecule has 0 aliphatic rings. The van der Waals surface area contributed by atoms with Crippen LogP contribution in [-0.4, -0.2) is 0 Å². The van der Waals surface area contributed by atoms with Gasteiger partial charge in [-0.05, 0) is 125 Å². The first kappa shape index (κ1) is 39.4. The Morgan fingerprint density at radius 3 is 1.41 bits per heavy atom. The number of anilines is 3. The van der Waals surface area contributed by atoms with E-state index in [4.69, 9.17) is 4.42 Å². The summed E-state index contributed by atoms with van der Waals surface area (Å²) in [5.41, 5.74) is 14.5. The summed E-state index contributed by atoms with van der Waals surface area (Å²) in [6, 6.07) is 94.3. The van der Waals surface area contributed by atoms with Gasteiger partial charge in [0.15, 0.2) is 0 Å². The van der Waals surface area contributed by atoms with E-state index in [0.717, 1.165) is 72.7 Å². The van der Waals surface area contributed by atoms with E-state index in [-0.39, 0.29) is 0 Å². The SMILES string of the molecule is c1ccc(-c2c(-c3cccc(-c4ccc(-c5ccc(N(c6ccc(-c7ccc8c(ccc9ccccc98)c7)cc6)c6cc7ccccc7c7ccccc67)cc5)cc4)c3)oc3ccccc23)cc1. The van der Waals surface area contributed by atoms with Crippen molar-refractivity contribution >= 4 is 71.1 Å². The summed E-state index contributed by atoms with van der Waals surface area (Å²) >= 11 is 0. The Bertz CT molecular complexity index is 4000. The largest absolute Gasteiger partial charge is 0.455 e. The topological polar surface area (TPSA) is 16.4 Å². The van der Waals surface area contributed by atoms with Gasteiger partial charge in [0.05, 0.1) is 5.69 Å². The molecule has 0 amide bonds. The van der Waals surface area contributed by atoms with Crippen LogP contribution < -0.4 is 4.90 Å². The average molecular weight is 866 g/mol. The van der Waals surface area contributed by atoms with Crippen molar-refractivity contribution in [3.05, 3.63) is 261 Å². The van der Waals surface area contributed by atoms with Crippen LogP contribution in [0.25, 0.3) is 110 Å². The van der Waals surface area contributed by atoms with Crippen LogP contribution in [0.5, 0.6) is 0 Å². The lowest BCUT2D eigenvalue weighted by Crippen LogP contribution is -2.10. The lowest BCUT2D eigenvalue weighted by atomic mass is 9.95. The third kappa shape index (κ3) is 6.90. The molecule has 13 rings (SSSR count). The molecule has 0 bridgehead atoms. The fourth-order valence-corrected chi connectivity index (χ4v) is 10.3. The fourth-order valence-electron chi connectivity index (χ4n) is 10.3. The van der Waals surface area contributed by atoms with Crippen LogP contribution in [-0.2, 0) is 0 Å². The first-order chi connectivity index (χ1) is 33.7. The monoisotopic (exact) mass is 865 g/mol. The van der Waals surface area contributed by atoms with Gasteiger partial charge in [0, 0.05) is 33.3 Å². The molecule has 0 aliphatic heterocycles. The third-order valence-electron chi connectivity index (χ3n) is 13.7. The van der Waals surface area contributed by atoms with Gasteiger partial charge in [0.1, 0.15) is 11.3 Å². The van der Waals surface area contributed by atoms with Crippen molar-refractivity contribution in [3.63, 3.8) is 0 Å². The van der Waals surface area contributed by atoms with Gasteiger partial charge in [-0.15, -0.1) is 0 Å². The minimum Gasteiger partial charge on any atom is -0.455 e. The molecular formula is C66H43NO. The van der Waals surface area contributed by atoms with Gasteiger partial charge in [-0.25, -0.2) is 0 Å². The number of benzene rings is 12. The molecule has 0 aliphatic carbocycles. The minimum absolute atomic E-state index is 0.886. The van der Waals surface area contributed by atoms with Crippen LogP contribution in [0.2, 0.25) is 0 Å². The minimum atomic E-state index is 0.886. The zero-order valence-electron chi connectivity index (χ0n) is 37.2.